The lowest BCUT2D eigenvalue weighted by molar-refractivity contribution is -0.137. The van der Waals surface area contributed by atoms with Crippen LogP contribution in [0.15, 0.2) is 48.8 Å². The smallest absolute Gasteiger partial charge is 0.369 e. The summed E-state index contributed by atoms with van der Waals surface area (Å²) in [6.07, 6.45) is -0.0924. The number of hydrogen-bond acceptors (Lipinski definition) is 7. The SMILES string of the molecule is CC#CCN1CCCC(c2nc(-c3ccc(C(=O)Nc4cc(C(F)(F)F)ccn4)cc3C#N)n3c(N)nccc23)C1. The van der Waals surface area contributed by atoms with Gasteiger partial charge in [0.1, 0.15) is 11.6 Å². The molecule has 4 heterocycles. The van der Waals surface area contributed by atoms with Crippen molar-refractivity contribution >= 4 is 23.2 Å². The van der Waals surface area contributed by atoms with E-state index in [0.717, 1.165) is 55.5 Å². The minimum Gasteiger partial charge on any atom is -0.369 e. The molecule has 4 aromatic rings. The van der Waals surface area contributed by atoms with Crippen LogP contribution in [0.4, 0.5) is 24.9 Å². The molecule has 1 fully saturated rings. The summed E-state index contributed by atoms with van der Waals surface area (Å²) in [5, 5.41) is 12.4. The number of nitriles is 1. The van der Waals surface area contributed by atoms with Crippen molar-refractivity contribution in [2.45, 2.75) is 31.9 Å². The predicted molar refractivity (Wildman–Crippen MR) is 147 cm³/mol. The van der Waals surface area contributed by atoms with Crippen LogP contribution in [0.5, 0.6) is 0 Å². The average Bonchev–Trinajstić information content (AvgIpc) is 3.36. The van der Waals surface area contributed by atoms with Gasteiger partial charge in [-0.05, 0) is 62.7 Å². The maximum absolute atomic E-state index is 13.1. The van der Waals surface area contributed by atoms with Gasteiger partial charge in [-0.15, -0.1) is 5.92 Å². The van der Waals surface area contributed by atoms with Crippen molar-refractivity contribution in [3.63, 3.8) is 0 Å². The molecule has 1 unspecified atom stereocenters. The van der Waals surface area contributed by atoms with E-state index in [1.165, 1.54) is 12.1 Å². The van der Waals surface area contributed by atoms with Gasteiger partial charge >= 0.3 is 6.18 Å². The van der Waals surface area contributed by atoms with E-state index in [1.54, 1.807) is 16.7 Å². The first kappa shape index (κ1) is 27.6. The number of rotatable bonds is 5. The van der Waals surface area contributed by atoms with E-state index in [4.69, 9.17) is 10.7 Å². The van der Waals surface area contributed by atoms with Crippen LogP contribution >= 0.6 is 0 Å². The Balaban J connectivity index is 1.49. The Labute approximate surface area is 233 Å². The number of carbonyl (C=O) groups excluding carboxylic acids is 1. The van der Waals surface area contributed by atoms with Gasteiger partial charge in [-0.2, -0.15) is 18.4 Å². The minimum absolute atomic E-state index is 0.0663. The maximum Gasteiger partial charge on any atom is 0.416 e. The first-order chi connectivity index (χ1) is 19.7. The molecule has 1 aliphatic heterocycles. The fourth-order valence-corrected chi connectivity index (χ4v) is 5.01. The Bertz CT molecular complexity index is 1730. The summed E-state index contributed by atoms with van der Waals surface area (Å²) < 4.78 is 40.9. The van der Waals surface area contributed by atoms with Crippen LogP contribution in [0.1, 0.15) is 52.9 Å². The Morgan fingerprint density at radius 2 is 2.00 bits per heavy atom. The van der Waals surface area contributed by atoms with Gasteiger partial charge in [-0.1, -0.05) is 5.92 Å². The summed E-state index contributed by atoms with van der Waals surface area (Å²) in [6, 6.07) is 9.89. The molecule has 1 saturated heterocycles. The fraction of sp³-hybridized carbons (Fsp3) is 0.276. The van der Waals surface area contributed by atoms with Gasteiger partial charge < -0.3 is 11.1 Å². The van der Waals surface area contributed by atoms with E-state index in [1.807, 2.05) is 13.0 Å². The molecule has 1 aromatic carbocycles. The highest BCUT2D eigenvalue weighted by molar-refractivity contribution is 6.04. The zero-order chi connectivity index (χ0) is 29.1. The third-order valence-corrected chi connectivity index (χ3v) is 6.95. The summed E-state index contributed by atoms with van der Waals surface area (Å²) in [7, 11) is 0. The number of halogens is 3. The van der Waals surface area contributed by atoms with Crippen LogP contribution in [-0.4, -0.2) is 49.8 Å². The molecule has 0 bridgehead atoms. The van der Waals surface area contributed by atoms with Crippen LogP contribution in [0.2, 0.25) is 0 Å². The lowest BCUT2D eigenvalue weighted by Crippen LogP contribution is -2.34. The van der Waals surface area contributed by atoms with E-state index in [-0.39, 0.29) is 28.8 Å². The number of carbonyl (C=O) groups is 1. The van der Waals surface area contributed by atoms with E-state index in [2.05, 4.69) is 38.1 Å². The second kappa shape index (κ2) is 11.3. The van der Waals surface area contributed by atoms with Crippen LogP contribution in [0, 0.1) is 23.2 Å². The van der Waals surface area contributed by atoms with Crippen LogP contribution in [0.25, 0.3) is 16.9 Å². The number of benzene rings is 1. The van der Waals surface area contributed by atoms with Crippen LogP contribution in [-0.2, 0) is 6.18 Å². The molecule has 3 N–H and O–H groups in total. The van der Waals surface area contributed by atoms with E-state index in [9.17, 15) is 23.2 Å². The maximum atomic E-state index is 13.1. The quantitative estimate of drug-likeness (QED) is 0.340. The average molecular weight is 559 g/mol. The molecular weight excluding hydrogens is 533 g/mol. The topological polar surface area (TPSA) is 125 Å². The molecule has 1 atom stereocenters. The van der Waals surface area contributed by atoms with Gasteiger partial charge in [0.25, 0.3) is 5.91 Å². The van der Waals surface area contributed by atoms with Gasteiger partial charge in [-0.25, -0.2) is 15.0 Å². The number of piperidine rings is 1. The molecule has 5 rings (SSSR count). The number of hydrogen-bond donors (Lipinski definition) is 2. The third kappa shape index (κ3) is 5.69. The van der Waals surface area contributed by atoms with Gasteiger partial charge in [0.15, 0.2) is 0 Å². The molecule has 1 aliphatic rings. The highest BCUT2D eigenvalue weighted by atomic mass is 19.4. The number of fused-ring (bicyclic) bond motifs is 1. The molecule has 208 valence electrons. The summed E-state index contributed by atoms with van der Waals surface area (Å²) in [5.41, 5.74) is 7.60. The largest absolute Gasteiger partial charge is 0.416 e. The first-order valence-corrected chi connectivity index (χ1v) is 12.8. The van der Waals surface area contributed by atoms with E-state index < -0.39 is 17.6 Å². The van der Waals surface area contributed by atoms with Gasteiger partial charge in [0.05, 0.1) is 35.0 Å². The standard InChI is InChI=1S/C29H25F3N8O/c1-2-3-12-39-13-4-5-19(17-39)25-23-9-11-36-28(34)40(23)26(38-25)22-7-6-18(14-20(22)16-33)27(41)37-24-15-21(8-10-35-24)29(30,31)32/h6-11,14-15,19H,4-5,12-13,17H2,1H3,(H2,34,36)(H,35,37,41). The van der Waals surface area contributed by atoms with Crippen molar-refractivity contribution in [1.82, 2.24) is 24.3 Å². The number of nitrogens with two attached hydrogens (primary N) is 1. The Hall–Kier alpha value is -4.94. The number of anilines is 2. The molecule has 0 spiro atoms. The van der Waals surface area contributed by atoms with Gasteiger partial charge in [0.2, 0.25) is 5.95 Å². The Morgan fingerprint density at radius 1 is 1.20 bits per heavy atom. The van der Waals surface area contributed by atoms with Crippen molar-refractivity contribution < 1.29 is 18.0 Å². The number of amides is 1. The summed E-state index contributed by atoms with van der Waals surface area (Å²) >= 11 is 0. The van der Waals surface area contributed by atoms with E-state index >= 15 is 0 Å². The molecule has 41 heavy (non-hydrogen) atoms. The number of alkyl halides is 3. The Morgan fingerprint density at radius 3 is 2.76 bits per heavy atom. The number of nitrogens with one attached hydrogen (secondary N) is 1. The second-order valence-corrected chi connectivity index (χ2v) is 9.60. The normalized spacial score (nSPS) is 15.6. The molecule has 12 heteroatoms. The highest BCUT2D eigenvalue weighted by Crippen LogP contribution is 2.35. The first-order valence-electron chi connectivity index (χ1n) is 12.8. The van der Waals surface area contributed by atoms with Crippen molar-refractivity contribution in [2.24, 2.45) is 0 Å². The van der Waals surface area contributed by atoms with E-state index in [0.29, 0.717) is 17.9 Å². The molecule has 0 saturated carbocycles. The van der Waals surface area contributed by atoms with Crippen molar-refractivity contribution in [2.75, 3.05) is 30.7 Å². The number of imidazole rings is 1. The predicted octanol–water partition coefficient (Wildman–Crippen LogP) is 4.72. The van der Waals surface area contributed by atoms with Gasteiger partial charge in [0, 0.05) is 36.0 Å². The lowest BCUT2D eigenvalue weighted by atomic mass is 9.94. The zero-order valence-corrected chi connectivity index (χ0v) is 22.0. The van der Waals surface area contributed by atoms with Crippen molar-refractivity contribution in [1.29, 1.82) is 5.26 Å². The number of pyridine rings is 1. The number of nitrogens with zero attached hydrogens (tertiary/aromatic N) is 6. The van der Waals surface area contributed by atoms with Crippen molar-refractivity contribution in [3.05, 3.63) is 71.2 Å². The fourth-order valence-electron chi connectivity index (χ4n) is 5.01. The van der Waals surface area contributed by atoms with Crippen LogP contribution < -0.4 is 11.1 Å². The van der Waals surface area contributed by atoms with Crippen molar-refractivity contribution in [3.8, 4) is 29.3 Å². The van der Waals surface area contributed by atoms with Gasteiger partial charge in [-0.3, -0.25) is 14.1 Å². The lowest BCUT2D eigenvalue weighted by Gasteiger charge is -2.30. The molecular formula is C29H25F3N8O. The summed E-state index contributed by atoms with van der Waals surface area (Å²) in [6.45, 7) is 4.21. The molecule has 1 amide bonds. The Kier molecular flexibility index (Phi) is 7.60. The minimum atomic E-state index is -4.58. The number of likely N-dealkylation sites (tertiary alicyclic amines) is 1. The highest BCUT2D eigenvalue weighted by Gasteiger charge is 2.31. The summed E-state index contributed by atoms with van der Waals surface area (Å²) in [4.78, 5) is 28.1. The number of nitrogen functional groups attached to an aromatic ring is 1. The monoisotopic (exact) mass is 558 g/mol. The molecule has 9 nitrogen and oxygen atoms in total. The molecule has 0 aliphatic carbocycles. The molecule has 3 aromatic heterocycles. The number of aromatic nitrogens is 4. The molecule has 0 radical (unpaired) electrons. The zero-order valence-electron chi connectivity index (χ0n) is 22.0. The second-order valence-electron chi connectivity index (χ2n) is 9.60. The van der Waals surface area contributed by atoms with Crippen LogP contribution in [0.3, 0.4) is 0 Å². The third-order valence-electron chi connectivity index (χ3n) is 6.95. The summed E-state index contributed by atoms with van der Waals surface area (Å²) in [5.74, 6) is 5.80.